The first-order valence-corrected chi connectivity index (χ1v) is 7.49. The molecule has 104 valence electrons. The fourth-order valence-corrected chi connectivity index (χ4v) is 2.21. The fourth-order valence-electron chi connectivity index (χ4n) is 1.86. The molecule has 1 aromatic rings. The average molecular weight is 288 g/mol. The van der Waals surface area contributed by atoms with Crippen LogP contribution in [0, 0.1) is 5.82 Å². The minimum Gasteiger partial charge on any atom is -0.478 e. The van der Waals surface area contributed by atoms with Gasteiger partial charge < -0.3 is 5.11 Å². The van der Waals surface area contributed by atoms with Gasteiger partial charge in [-0.3, -0.25) is 4.18 Å². The van der Waals surface area contributed by atoms with Gasteiger partial charge >= 0.3 is 5.97 Å². The van der Waals surface area contributed by atoms with Crippen molar-refractivity contribution in [3.8, 4) is 0 Å². The molecule has 0 spiro atoms. The van der Waals surface area contributed by atoms with Crippen LogP contribution in [-0.2, 0) is 20.9 Å². The first-order valence-electron chi connectivity index (χ1n) is 5.68. The van der Waals surface area contributed by atoms with Crippen molar-refractivity contribution in [3.05, 3.63) is 34.6 Å². The lowest BCUT2D eigenvalue weighted by atomic mass is 10.00. The molecule has 1 fully saturated rings. The number of benzene rings is 1. The van der Waals surface area contributed by atoms with E-state index in [-0.39, 0.29) is 12.5 Å². The van der Waals surface area contributed by atoms with E-state index < -0.39 is 27.5 Å². The number of carboxylic acid groups (broad SMARTS) is 1. The van der Waals surface area contributed by atoms with E-state index in [1.54, 1.807) is 0 Å². The highest BCUT2D eigenvalue weighted by atomic mass is 32.2. The maximum atomic E-state index is 13.6. The summed E-state index contributed by atoms with van der Waals surface area (Å²) in [7, 11) is -3.62. The quantitative estimate of drug-likeness (QED) is 0.837. The van der Waals surface area contributed by atoms with Crippen LogP contribution in [0.15, 0.2) is 12.1 Å². The van der Waals surface area contributed by atoms with E-state index in [4.69, 9.17) is 5.11 Å². The second-order valence-corrected chi connectivity index (χ2v) is 6.22. The second kappa shape index (κ2) is 4.90. The fraction of sp³-hybridized carbons (Fsp3) is 0.417. The van der Waals surface area contributed by atoms with Crippen LogP contribution < -0.4 is 0 Å². The molecule has 0 heterocycles. The van der Waals surface area contributed by atoms with Crippen LogP contribution in [0.1, 0.15) is 40.2 Å². The van der Waals surface area contributed by atoms with E-state index >= 15 is 0 Å². The van der Waals surface area contributed by atoms with Gasteiger partial charge in [-0.2, -0.15) is 8.42 Å². The van der Waals surface area contributed by atoms with Gasteiger partial charge in [0, 0.05) is 0 Å². The van der Waals surface area contributed by atoms with Gasteiger partial charge in [-0.15, -0.1) is 0 Å². The SMILES string of the molecule is CS(=O)(=O)OCc1cc(F)c(C(=O)O)cc1C1CC1. The van der Waals surface area contributed by atoms with Crippen molar-refractivity contribution in [1.29, 1.82) is 0 Å². The van der Waals surface area contributed by atoms with Crippen LogP contribution >= 0.6 is 0 Å². The Bertz CT molecular complexity index is 619. The number of hydrogen-bond donors (Lipinski definition) is 1. The highest BCUT2D eigenvalue weighted by Gasteiger charge is 2.28. The van der Waals surface area contributed by atoms with E-state index in [9.17, 15) is 17.6 Å². The van der Waals surface area contributed by atoms with Gasteiger partial charge in [-0.25, -0.2) is 9.18 Å². The molecule has 0 atom stereocenters. The van der Waals surface area contributed by atoms with Crippen molar-refractivity contribution in [2.45, 2.75) is 25.4 Å². The Labute approximate surface area is 110 Å². The monoisotopic (exact) mass is 288 g/mol. The molecule has 7 heteroatoms. The summed E-state index contributed by atoms with van der Waals surface area (Å²) in [5.74, 6) is -2.06. The minimum atomic E-state index is -3.62. The van der Waals surface area contributed by atoms with E-state index in [1.807, 2.05) is 0 Å². The first kappa shape index (κ1) is 14.0. The maximum Gasteiger partial charge on any atom is 0.338 e. The van der Waals surface area contributed by atoms with Gasteiger partial charge in [0.1, 0.15) is 5.82 Å². The molecule has 1 aliphatic carbocycles. The number of rotatable bonds is 5. The standard InChI is InChI=1S/C12H13FO5S/c1-19(16,17)18-6-8-4-11(13)10(12(14)15)5-9(8)7-2-3-7/h4-5,7H,2-3,6H2,1H3,(H,14,15). The van der Waals surface area contributed by atoms with Crippen LogP contribution in [0.5, 0.6) is 0 Å². The normalized spacial score (nSPS) is 15.5. The molecule has 0 aliphatic heterocycles. The smallest absolute Gasteiger partial charge is 0.338 e. The summed E-state index contributed by atoms with van der Waals surface area (Å²) in [5, 5.41) is 8.88. The lowest BCUT2D eigenvalue weighted by Gasteiger charge is -2.10. The summed E-state index contributed by atoms with van der Waals surface area (Å²) >= 11 is 0. The van der Waals surface area contributed by atoms with Crippen molar-refractivity contribution < 1.29 is 26.9 Å². The number of carboxylic acids is 1. The molecule has 0 saturated heterocycles. The van der Waals surface area contributed by atoms with Gasteiger partial charge in [-0.1, -0.05) is 0 Å². The average Bonchev–Trinajstić information content (AvgIpc) is 3.08. The molecule has 1 N–H and O–H groups in total. The second-order valence-electron chi connectivity index (χ2n) is 4.58. The van der Waals surface area contributed by atoms with Crippen molar-refractivity contribution in [1.82, 2.24) is 0 Å². The summed E-state index contributed by atoms with van der Waals surface area (Å²) < 4.78 is 40.1. The highest BCUT2D eigenvalue weighted by molar-refractivity contribution is 7.85. The van der Waals surface area contributed by atoms with Gasteiger partial charge in [0.15, 0.2) is 0 Å². The number of halogens is 1. The molecule has 5 nitrogen and oxygen atoms in total. The van der Waals surface area contributed by atoms with Crippen molar-refractivity contribution in [3.63, 3.8) is 0 Å². The molecule has 0 radical (unpaired) electrons. The molecule has 0 bridgehead atoms. The molecule has 0 unspecified atom stereocenters. The van der Waals surface area contributed by atoms with Crippen molar-refractivity contribution in [2.24, 2.45) is 0 Å². The molecule has 19 heavy (non-hydrogen) atoms. The molecule has 1 saturated carbocycles. The molecule has 0 amide bonds. The van der Waals surface area contributed by atoms with Crippen LogP contribution in [0.2, 0.25) is 0 Å². The molecular formula is C12H13FO5S. The zero-order valence-corrected chi connectivity index (χ0v) is 11.0. The lowest BCUT2D eigenvalue weighted by molar-refractivity contribution is 0.0691. The summed E-state index contributed by atoms with van der Waals surface area (Å²) in [6, 6.07) is 2.32. The highest BCUT2D eigenvalue weighted by Crippen LogP contribution is 2.42. The zero-order chi connectivity index (χ0) is 14.2. The van der Waals surface area contributed by atoms with Gasteiger partial charge in [0.25, 0.3) is 10.1 Å². The molecule has 1 aliphatic rings. The molecule has 1 aromatic carbocycles. The van der Waals surface area contributed by atoms with Gasteiger partial charge in [0.05, 0.1) is 18.4 Å². The number of carbonyl (C=O) groups is 1. The van der Waals surface area contributed by atoms with Gasteiger partial charge in [0.2, 0.25) is 0 Å². The van der Waals surface area contributed by atoms with Crippen molar-refractivity contribution in [2.75, 3.05) is 6.26 Å². The maximum absolute atomic E-state index is 13.6. The third-order valence-electron chi connectivity index (χ3n) is 2.90. The van der Waals surface area contributed by atoms with E-state index in [2.05, 4.69) is 4.18 Å². The topological polar surface area (TPSA) is 80.7 Å². The molecular weight excluding hydrogens is 275 g/mol. The zero-order valence-electron chi connectivity index (χ0n) is 10.2. The van der Waals surface area contributed by atoms with Crippen LogP contribution in [0.4, 0.5) is 4.39 Å². The predicted molar refractivity (Wildman–Crippen MR) is 65.0 cm³/mol. The number of hydrogen-bond acceptors (Lipinski definition) is 4. The Morgan fingerprint density at radius 3 is 2.58 bits per heavy atom. The van der Waals surface area contributed by atoms with Crippen LogP contribution in [-0.4, -0.2) is 25.7 Å². The Balaban J connectivity index is 2.36. The Kier molecular flexibility index (Phi) is 3.60. The van der Waals surface area contributed by atoms with Crippen LogP contribution in [0.25, 0.3) is 0 Å². The summed E-state index contributed by atoms with van der Waals surface area (Å²) in [6.07, 6.45) is 2.68. The summed E-state index contributed by atoms with van der Waals surface area (Å²) in [5.41, 5.74) is 0.642. The largest absolute Gasteiger partial charge is 0.478 e. The third-order valence-corrected chi connectivity index (χ3v) is 3.45. The van der Waals surface area contributed by atoms with Gasteiger partial charge in [-0.05, 0) is 42.0 Å². The molecule has 2 rings (SSSR count). The van der Waals surface area contributed by atoms with Crippen LogP contribution in [0.3, 0.4) is 0 Å². The van der Waals surface area contributed by atoms with Crippen molar-refractivity contribution >= 4 is 16.1 Å². The Morgan fingerprint density at radius 1 is 1.47 bits per heavy atom. The van der Waals surface area contributed by atoms with E-state index in [0.717, 1.165) is 25.2 Å². The number of aromatic carboxylic acids is 1. The van der Waals surface area contributed by atoms with E-state index in [1.165, 1.54) is 6.07 Å². The Hall–Kier alpha value is -1.47. The summed E-state index contributed by atoms with van der Waals surface area (Å²) in [6.45, 7) is -0.276. The Morgan fingerprint density at radius 2 is 2.11 bits per heavy atom. The third kappa shape index (κ3) is 3.51. The predicted octanol–water partition coefficient (Wildman–Crippen LogP) is 1.88. The minimum absolute atomic E-state index is 0.164. The molecule has 0 aromatic heterocycles. The lowest BCUT2D eigenvalue weighted by Crippen LogP contribution is -2.08. The summed E-state index contributed by atoms with van der Waals surface area (Å²) in [4.78, 5) is 10.9. The first-order chi connectivity index (χ1) is 8.78. The van der Waals surface area contributed by atoms with E-state index in [0.29, 0.717) is 11.1 Å².